The molecular formula is C76H105F9O3S2. The zero-order chi connectivity index (χ0) is 62.9. The van der Waals surface area contributed by atoms with Gasteiger partial charge in [0.1, 0.15) is 0 Å². The summed E-state index contributed by atoms with van der Waals surface area (Å²) in [6.45, 7) is 0. The van der Waals surface area contributed by atoms with Crippen LogP contribution in [0.15, 0.2) is 51.1 Å². The highest BCUT2D eigenvalue weighted by molar-refractivity contribution is 8.33. The maximum Gasteiger partial charge on any atom is 0.460 e. The molecule has 0 bridgehead atoms. The normalized spacial score (nSPS) is 24.2. The number of rotatable bonds is 17. The van der Waals surface area contributed by atoms with Crippen molar-refractivity contribution in [3.63, 3.8) is 0 Å². The largest absolute Gasteiger partial charge is 0.460 e. The van der Waals surface area contributed by atoms with E-state index in [1.54, 1.807) is 0 Å². The molecule has 0 amide bonds. The third kappa shape index (κ3) is 13.3. The summed E-state index contributed by atoms with van der Waals surface area (Å²) < 4.78 is 187. The number of benzene rings is 3. The van der Waals surface area contributed by atoms with Crippen LogP contribution in [0.3, 0.4) is 0 Å². The molecule has 0 aliphatic heterocycles. The molecule has 0 unspecified atom stereocenters. The smallest absolute Gasteiger partial charge is 0.202 e. The monoisotopic (exact) mass is 1300 g/mol. The second kappa shape index (κ2) is 28.5. The molecule has 3 aromatic rings. The molecule has 9 aliphatic rings. The molecule has 9 fully saturated rings. The van der Waals surface area contributed by atoms with Crippen molar-refractivity contribution in [1.82, 2.24) is 0 Å². The Kier molecular flexibility index (Phi) is 21.3. The summed E-state index contributed by atoms with van der Waals surface area (Å²) in [5, 5.41) is -7.08. The Bertz CT molecular complexity index is 2620. The summed E-state index contributed by atoms with van der Waals surface area (Å²) in [4.78, 5) is 1.47. The third-order valence-corrected chi connectivity index (χ3v) is 30.0. The van der Waals surface area contributed by atoms with Gasteiger partial charge in [-0.1, -0.05) is 210 Å². The first-order valence-corrected chi connectivity index (χ1v) is 39.8. The Hall–Kier alpha value is -2.71. The zero-order valence-corrected chi connectivity index (χ0v) is 55.6. The van der Waals surface area contributed by atoms with Gasteiger partial charge in [0.2, 0.25) is 0 Å². The highest BCUT2D eigenvalue weighted by Crippen LogP contribution is 2.80. The van der Waals surface area contributed by atoms with Crippen molar-refractivity contribution in [1.29, 1.82) is 0 Å². The van der Waals surface area contributed by atoms with E-state index in [0.717, 1.165) is 262 Å². The molecule has 0 spiro atoms. The molecule has 14 heteroatoms. The molecule has 502 valence electrons. The number of alkyl halides is 9. The van der Waals surface area contributed by atoms with E-state index in [-0.39, 0.29) is 53.3 Å². The van der Waals surface area contributed by atoms with Crippen molar-refractivity contribution in [2.45, 2.75) is 380 Å². The summed E-state index contributed by atoms with van der Waals surface area (Å²) in [5.41, 5.74) is 8.29. The summed E-state index contributed by atoms with van der Waals surface area (Å²) in [6.07, 6.45) is 32.2. The Balaban J connectivity index is 1.35. The molecule has 90 heavy (non-hydrogen) atoms. The number of hydrogen-bond donors (Lipinski definition) is 0. The Morgan fingerprint density at radius 2 is 0.444 bits per heavy atom. The van der Waals surface area contributed by atoms with E-state index < -0.39 is 43.7 Å². The van der Waals surface area contributed by atoms with Gasteiger partial charge in [-0.25, -0.2) is 3.63 Å². The Labute approximate surface area is 535 Å². The first-order chi connectivity index (χ1) is 43.3. The number of halogens is 9. The topological polar surface area (TPSA) is 43.4 Å². The predicted molar refractivity (Wildman–Crippen MR) is 345 cm³/mol. The third-order valence-electron chi connectivity index (χ3n) is 24.5. The SMILES string of the molecule is O=S(=O)(OS(c1c(C2CCCCC2)cc(C2CCCCC2)cc1C1CCCCC1)(c1c(C2CCCCC2)cc(C2CCCCC2)cc1C1CCCCC1)c1c(C2CCCCC2)cc(C2CCCCC2)cc1C1CCCCC1)C(F)(F)C(F)(F)C(F)(F)C(F)(F)F. The van der Waals surface area contributed by atoms with Crippen LogP contribution in [0.5, 0.6) is 0 Å². The summed E-state index contributed by atoms with van der Waals surface area (Å²) in [5.74, 6) is -15.9. The van der Waals surface area contributed by atoms with Crippen molar-refractivity contribution in [2.24, 2.45) is 0 Å². The first-order valence-electron chi connectivity index (χ1n) is 36.8. The van der Waals surface area contributed by atoms with E-state index in [9.17, 15) is 13.2 Å². The van der Waals surface area contributed by atoms with E-state index in [0.29, 0.717) is 91.7 Å². The van der Waals surface area contributed by atoms with Crippen LogP contribution in [0.25, 0.3) is 0 Å². The second-order valence-electron chi connectivity index (χ2n) is 30.3. The van der Waals surface area contributed by atoms with Crippen LogP contribution in [-0.2, 0) is 13.7 Å². The average molecular weight is 1300 g/mol. The van der Waals surface area contributed by atoms with Gasteiger partial charge >= 0.3 is 33.4 Å². The van der Waals surface area contributed by atoms with E-state index in [1.807, 2.05) is 0 Å². The van der Waals surface area contributed by atoms with Crippen LogP contribution in [0, 0.1) is 0 Å². The minimum Gasteiger partial charge on any atom is -0.202 e. The Morgan fingerprint density at radius 3 is 0.622 bits per heavy atom. The summed E-state index contributed by atoms with van der Waals surface area (Å²) >= 11 is 0. The fraction of sp³-hybridized carbons (Fsp3) is 0.763. The van der Waals surface area contributed by atoms with Gasteiger partial charge < -0.3 is 0 Å². The van der Waals surface area contributed by atoms with Gasteiger partial charge in [-0.15, -0.1) is 0 Å². The van der Waals surface area contributed by atoms with Crippen molar-refractivity contribution < 1.29 is 51.6 Å². The van der Waals surface area contributed by atoms with Crippen LogP contribution in [0.1, 0.15) is 392 Å². The highest BCUT2D eigenvalue weighted by atomic mass is 32.3. The second-order valence-corrected chi connectivity index (χ2v) is 34.6. The lowest BCUT2D eigenvalue weighted by Gasteiger charge is -2.51. The standard InChI is InChI=1S/C76H105F9O3S2/c77-73(78,75(81,82)83)74(79,80)76(84,85)90(86,87)88-89(70-64(55-34-16-4-17-35-55)46-61(52-28-10-1-11-29-52)47-65(70)56-36-18-5-19-37-56,71-66(57-38-20-6-21-39-57)48-62(53-30-12-2-13-31-53)49-67(71)58-40-22-7-23-41-58)72-68(59-42-24-8-25-43-59)50-63(54-32-14-3-15-33-54)51-69(72)60-44-26-9-27-45-60/h46-60H,1-45H2. The van der Waals surface area contributed by atoms with Crippen molar-refractivity contribution in [3.05, 3.63) is 86.5 Å². The van der Waals surface area contributed by atoms with Gasteiger partial charge in [-0.05, 0) is 229 Å². The van der Waals surface area contributed by atoms with Crippen LogP contribution < -0.4 is 0 Å². The molecule has 3 nitrogen and oxygen atoms in total. The fourth-order valence-corrected chi connectivity index (χ4v) is 26.1. The predicted octanol–water partition coefficient (Wildman–Crippen LogP) is 26.1. The van der Waals surface area contributed by atoms with Crippen LogP contribution in [-0.4, -0.2) is 31.7 Å². The van der Waals surface area contributed by atoms with Gasteiger partial charge in [-0.2, -0.15) is 47.9 Å². The fourth-order valence-electron chi connectivity index (χ4n) is 19.5. The van der Waals surface area contributed by atoms with E-state index >= 15 is 34.8 Å². The zero-order valence-electron chi connectivity index (χ0n) is 53.9. The summed E-state index contributed by atoms with van der Waals surface area (Å²) in [7, 11) is -12.1. The van der Waals surface area contributed by atoms with Crippen molar-refractivity contribution in [3.8, 4) is 0 Å². The molecule has 12 rings (SSSR count). The molecule has 0 N–H and O–H groups in total. The molecular weight excluding hydrogens is 1200 g/mol. The molecule has 9 saturated carbocycles. The first kappa shape index (κ1) is 67.3. The maximum atomic E-state index is 18.3. The molecule has 9 aliphatic carbocycles. The molecule has 0 heterocycles. The van der Waals surface area contributed by atoms with Gasteiger partial charge in [0, 0.05) is 14.7 Å². The quantitative estimate of drug-likeness (QED) is 0.127. The lowest BCUT2D eigenvalue weighted by atomic mass is 9.75. The molecule has 3 aromatic carbocycles. The van der Waals surface area contributed by atoms with Crippen LogP contribution >= 0.6 is 10.3 Å². The lowest BCUT2D eigenvalue weighted by molar-refractivity contribution is -0.382. The molecule has 0 aromatic heterocycles. The van der Waals surface area contributed by atoms with E-state index in [4.69, 9.17) is 3.63 Å². The molecule has 0 saturated heterocycles. The van der Waals surface area contributed by atoms with E-state index in [2.05, 4.69) is 36.4 Å². The van der Waals surface area contributed by atoms with Gasteiger partial charge in [0.25, 0.3) is 0 Å². The van der Waals surface area contributed by atoms with Crippen molar-refractivity contribution in [2.75, 3.05) is 0 Å². The highest BCUT2D eigenvalue weighted by Gasteiger charge is 2.86. The average Bonchev–Trinajstić information content (AvgIpc) is 0.691. The van der Waals surface area contributed by atoms with Gasteiger partial charge in [0.15, 0.2) is 0 Å². The molecule has 0 radical (unpaired) electrons. The van der Waals surface area contributed by atoms with E-state index in [1.165, 1.54) is 0 Å². The Morgan fingerprint density at radius 1 is 0.267 bits per heavy atom. The van der Waals surface area contributed by atoms with Crippen LogP contribution in [0.4, 0.5) is 39.5 Å². The lowest BCUT2D eigenvalue weighted by Crippen LogP contribution is -2.63. The maximum absolute atomic E-state index is 18.3. The van der Waals surface area contributed by atoms with Gasteiger partial charge in [-0.3, -0.25) is 0 Å². The summed E-state index contributed by atoms with van der Waals surface area (Å²) in [6, 6.07) is 13.7. The molecule has 0 atom stereocenters. The van der Waals surface area contributed by atoms with Crippen LogP contribution in [0.2, 0.25) is 0 Å². The van der Waals surface area contributed by atoms with Gasteiger partial charge in [0.05, 0.1) is 0 Å². The minimum absolute atomic E-state index is 0.148. The minimum atomic E-state index is -7.57. The van der Waals surface area contributed by atoms with Crippen molar-refractivity contribution >= 4 is 20.4 Å². The number of hydrogen-bond acceptors (Lipinski definition) is 3.